The van der Waals surface area contributed by atoms with E-state index < -0.39 is 0 Å². The first kappa shape index (κ1) is 15.5. The summed E-state index contributed by atoms with van der Waals surface area (Å²) in [5, 5.41) is 4.41. The van der Waals surface area contributed by atoms with Crippen LogP contribution in [0.1, 0.15) is 57.1 Å². The summed E-state index contributed by atoms with van der Waals surface area (Å²) in [6, 6.07) is 0.135. The van der Waals surface area contributed by atoms with E-state index in [0.717, 1.165) is 6.54 Å². The van der Waals surface area contributed by atoms with Crippen LogP contribution in [0.2, 0.25) is 0 Å². The molecule has 1 aliphatic carbocycles. The first-order valence-corrected chi connectivity index (χ1v) is 7.80. The van der Waals surface area contributed by atoms with Crippen molar-refractivity contribution in [3.8, 4) is 0 Å². The molecule has 5 heteroatoms. The van der Waals surface area contributed by atoms with E-state index >= 15 is 0 Å². The van der Waals surface area contributed by atoms with Gasteiger partial charge in [-0.05, 0) is 33.9 Å². The molecule has 0 amide bonds. The molecule has 2 rings (SSSR count). The number of aryl methyl sites for hydroxylation is 1. The highest BCUT2D eigenvalue weighted by Gasteiger charge is 2.41. The monoisotopic (exact) mass is 279 g/mol. The molecule has 0 saturated heterocycles. The molecular weight excluding hydrogens is 250 g/mol. The predicted octanol–water partition coefficient (Wildman–Crippen LogP) is 2.06. The van der Waals surface area contributed by atoms with E-state index in [4.69, 9.17) is 5.84 Å². The fourth-order valence-electron chi connectivity index (χ4n) is 3.60. The summed E-state index contributed by atoms with van der Waals surface area (Å²) in [6.07, 6.45) is 11.7. The smallest absolute Gasteiger partial charge is 0.0674 e. The van der Waals surface area contributed by atoms with Crippen molar-refractivity contribution >= 4 is 0 Å². The van der Waals surface area contributed by atoms with Crippen LogP contribution in [0.3, 0.4) is 0 Å². The third-order valence-corrected chi connectivity index (χ3v) is 4.87. The van der Waals surface area contributed by atoms with Crippen LogP contribution >= 0.6 is 0 Å². The Morgan fingerprint density at radius 1 is 1.35 bits per heavy atom. The number of rotatable bonds is 5. The average molecular weight is 279 g/mol. The molecule has 1 heterocycles. The molecule has 1 aromatic rings. The SMILES string of the molecule is CCn1cc(C(NN)C2(N(C)C)CCCCCC2)cn1. The second-order valence-electron chi connectivity index (χ2n) is 6.14. The van der Waals surface area contributed by atoms with Gasteiger partial charge in [-0.2, -0.15) is 5.10 Å². The Balaban J connectivity index is 2.33. The van der Waals surface area contributed by atoms with Crippen molar-refractivity contribution in [2.45, 2.75) is 63.6 Å². The largest absolute Gasteiger partial charge is 0.302 e. The van der Waals surface area contributed by atoms with Gasteiger partial charge in [-0.15, -0.1) is 0 Å². The summed E-state index contributed by atoms with van der Waals surface area (Å²) in [4.78, 5) is 2.37. The number of likely N-dealkylation sites (N-methyl/N-ethyl adjacent to an activating group) is 1. The third-order valence-electron chi connectivity index (χ3n) is 4.87. The third kappa shape index (κ3) is 2.90. The molecule has 1 aliphatic rings. The van der Waals surface area contributed by atoms with Gasteiger partial charge in [0.05, 0.1) is 12.2 Å². The zero-order valence-corrected chi connectivity index (χ0v) is 13.1. The summed E-state index contributed by atoms with van der Waals surface area (Å²) in [5.74, 6) is 5.95. The van der Waals surface area contributed by atoms with Gasteiger partial charge in [0.15, 0.2) is 0 Å². The van der Waals surface area contributed by atoms with Gasteiger partial charge in [0.2, 0.25) is 0 Å². The first-order valence-electron chi connectivity index (χ1n) is 7.80. The van der Waals surface area contributed by atoms with Crippen molar-refractivity contribution < 1.29 is 0 Å². The van der Waals surface area contributed by atoms with E-state index in [1.807, 2.05) is 10.9 Å². The van der Waals surface area contributed by atoms with Gasteiger partial charge in [-0.3, -0.25) is 16.0 Å². The molecule has 1 fully saturated rings. The molecule has 0 aliphatic heterocycles. The molecule has 114 valence electrons. The Kier molecular flexibility index (Phi) is 5.18. The van der Waals surface area contributed by atoms with Crippen molar-refractivity contribution in [2.24, 2.45) is 5.84 Å². The van der Waals surface area contributed by atoms with E-state index in [0.29, 0.717) is 0 Å². The van der Waals surface area contributed by atoms with Crippen molar-refractivity contribution in [2.75, 3.05) is 14.1 Å². The van der Waals surface area contributed by atoms with Crippen LogP contribution in [-0.2, 0) is 6.54 Å². The minimum atomic E-state index is 0.0901. The van der Waals surface area contributed by atoms with Crippen molar-refractivity contribution in [3.63, 3.8) is 0 Å². The van der Waals surface area contributed by atoms with Crippen LogP contribution in [-0.4, -0.2) is 34.3 Å². The quantitative estimate of drug-likeness (QED) is 0.492. The van der Waals surface area contributed by atoms with Gasteiger partial charge in [0, 0.05) is 23.8 Å². The lowest BCUT2D eigenvalue weighted by atomic mass is 9.79. The number of hydrazine groups is 1. The van der Waals surface area contributed by atoms with Crippen molar-refractivity contribution in [1.29, 1.82) is 0 Å². The van der Waals surface area contributed by atoms with Gasteiger partial charge in [0.1, 0.15) is 0 Å². The maximum absolute atomic E-state index is 5.95. The lowest BCUT2D eigenvalue weighted by Gasteiger charge is -2.45. The molecule has 0 bridgehead atoms. The number of hydrogen-bond donors (Lipinski definition) is 2. The Hall–Kier alpha value is -0.910. The molecule has 3 N–H and O–H groups in total. The Morgan fingerprint density at radius 3 is 2.45 bits per heavy atom. The van der Waals surface area contributed by atoms with Crippen LogP contribution in [0.25, 0.3) is 0 Å². The molecule has 20 heavy (non-hydrogen) atoms. The van der Waals surface area contributed by atoms with Crippen LogP contribution < -0.4 is 11.3 Å². The van der Waals surface area contributed by atoms with E-state index in [9.17, 15) is 0 Å². The van der Waals surface area contributed by atoms with Crippen LogP contribution in [0, 0.1) is 0 Å². The minimum absolute atomic E-state index is 0.0901. The highest BCUT2D eigenvalue weighted by molar-refractivity contribution is 5.18. The second-order valence-corrected chi connectivity index (χ2v) is 6.14. The molecule has 0 spiro atoms. The molecule has 1 aromatic heterocycles. The van der Waals surface area contributed by atoms with Crippen molar-refractivity contribution in [3.05, 3.63) is 18.0 Å². The van der Waals surface area contributed by atoms with E-state index in [2.05, 4.69) is 42.6 Å². The average Bonchev–Trinajstić information content (AvgIpc) is 2.76. The summed E-state index contributed by atoms with van der Waals surface area (Å²) in [6.45, 7) is 3.00. The summed E-state index contributed by atoms with van der Waals surface area (Å²) in [5.41, 5.74) is 4.37. The van der Waals surface area contributed by atoms with Gasteiger partial charge < -0.3 is 4.90 Å². The number of aromatic nitrogens is 2. The number of nitrogens with one attached hydrogen (secondary N) is 1. The van der Waals surface area contributed by atoms with E-state index in [1.54, 1.807) is 0 Å². The van der Waals surface area contributed by atoms with Crippen LogP contribution in [0.15, 0.2) is 12.4 Å². The molecule has 0 radical (unpaired) electrons. The lowest BCUT2D eigenvalue weighted by molar-refractivity contribution is 0.0800. The Morgan fingerprint density at radius 2 is 2.00 bits per heavy atom. The van der Waals surface area contributed by atoms with E-state index in [1.165, 1.54) is 44.1 Å². The molecule has 1 unspecified atom stereocenters. The summed E-state index contributed by atoms with van der Waals surface area (Å²) < 4.78 is 1.97. The highest BCUT2D eigenvalue weighted by atomic mass is 15.3. The lowest BCUT2D eigenvalue weighted by Crippen LogP contribution is -2.55. The molecule has 5 nitrogen and oxygen atoms in total. The zero-order chi connectivity index (χ0) is 14.6. The molecule has 1 atom stereocenters. The number of nitrogens with two attached hydrogens (primary N) is 1. The topological polar surface area (TPSA) is 59.1 Å². The second kappa shape index (κ2) is 6.70. The Bertz CT molecular complexity index is 404. The van der Waals surface area contributed by atoms with Crippen molar-refractivity contribution in [1.82, 2.24) is 20.1 Å². The summed E-state index contributed by atoms with van der Waals surface area (Å²) in [7, 11) is 4.36. The first-order chi connectivity index (χ1) is 9.64. The predicted molar refractivity (Wildman–Crippen MR) is 82.1 cm³/mol. The Labute approximate surface area is 122 Å². The van der Waals surface area contributed by atoms with Crippen LogP contribution in [0.4, 0.5) is 0 Å². The number of nitrogens with zero attached hydrogens (tertiary/aromatic N) is 3. The zero-order valence-electron chi connectivity index (χ0n) is 13.1. The minimum Gasteiger partial charge on any atom is -0.302 e. The van der Waals surface area contributed by atoms with Gasteiger partial charge >= 0.3 is 0 Å². The summed E-state index contributed by atoms with van der Waals surface area (Å²) >= 11 is 0. The maximum atomic E-state index is 5.95. The molecule has 1 saturated carbocycles. The molecule has 0 aromatic carbocycles. The van der Waals surface area contributed by atoms with Crippen LogP contribution in [0.5, 0.6) is 0 Å². The standard InChI is InChI=1S/C15H29N5/c1-4-20-12-13(11-17-20)14(18-16)15(19(2)3)9-7-5-6-8-10-15/h11-12,14,18H,4-10,16H2,1-3H3. The van der Waals surface area contributed by atoms with E-state index in [-0.39, 0.29) is 11.6 Å². The number of hydrogen-bond acceptors (Lipinski definition) is 4. The van der Waals surface area contributed by atoms with Gasteiger partial charge in [-0.1, -0.05) is 25.7 Å². The normalized spacial score (nSPS) is 20.9. The van der Waals surface area contributed by atoms with Gasteiger partial charge in [-0.25, -0.2) is 0 Å². The fraction of sp³-hybridized carbons (Fsp3) is 0.800. The molecular formula is C15H29N5. The highest BCUT2D eigenvalue weighted by Crippen LogP contribution is 2.40. The maximum Gasteiger partial charge on any atom is 0.0674 e. The van der Waals surface area contributed by atoms with Gasteiger partial charge in [0.25, 0.3) is 0 Å². The fourth-order valence-corrected chi connectivity index (χ4v) is 3.60.